The van der Waals surface area contributed by atoms with E-state index in [-0.39, 0.29) is 36.2 Å². The molecule has 1 saturated carbocycles. The molecule has 1 heterocycles. The first-order valence-corrected chi connectivity index (χ1v) is 8.81. The van der Waals surface area contributed by atoms with Crippen LogP contribution in [0.25, 0.3) is 0 Å². The van der Waals surface area contributed by atoms with Crippen molar-refractivity contribution in [2.45, 2.75) is 58.4 Å². The molecule has 0 aromatic rings. The number of halogens is 1. The lowest BCUT2D eigenvalue weighted by atomic mass is 9.86. The molecule has 2 unspecified atom stereocenters. The van der Waals surface area contributed by atoms with Gasteiger partial charge in [-0.2, -0.15) is 0 Å². The lowest BCUT2D eigenvalue weighted by Gasteiger charge is -2.37. The summed E-state index contributed by atoms with van der Waals surface area (Å²) in [6.45, 7) is 6.38. The van der Waals surface area contributed by atoms with Crippen molar-refractivity contribution in [3.63, 3.8) is 0 Å². The van der Waals surface area contributed by atoms with E-state index in [4.69, 9.17) is 5.73 Å². The largest absolute Gasteiger partial charge is 0.339 e. The summed E-state index contributed by atoms with van der Waals surface area (Å²) in [4.78, 5) is 28.5. The first kappa shape index (κ1) is 20.2. The van der Waals surface area contributed by atoms with Gasteiger partial charge in [0.2, 0.25) is 11.8 Å². The molecule has 0 aromatic carbocycles. The predicted molar refractivity (Wildman–Crippen MR) is 94.4 cm³/mol. The Bertz CT molecular complexity index is 389. The second kappa shape index (κ2) is 9.48. The average molecular weight is 346 g/mol. The summed E-state index contributed by atoms with van der Waals surface area (Å²) in [5, 5.41) is 0. The molecule has 1 saturated heterocycles. The van der Waals surface area contributed by atoms with Crippen molar-refractivity contribution in [3.8, 4) is 0 Å². The van der Waals surface area contributed by atoms with Crippen molar-refractivity contribution >= 4 is 24.2 Å². The first-order chi connectivity index (χ1) is 10.5. The van der Waals surface area contributed by atoms with E-state index in [0.717, 1.165) is 0 Å². The fourth-order valence-corrected chi connectivity index (χ4v) is 3.46. The summed E-state index contributed by atoms with van der Waals surface area (Å²) < 4.78 is 0. The highest BCUT2D eigenvalue weighted by atomic mass is 35.5. The molecule has 5 nitrogen and oxygen atoms in total. The topological polar surface area (TPSA) is 66.6 Å². The fourth-order valence-electron chi connectivity index (χ4n) is 3.46. The fraction of sp³-hybridized carbons (Fsp3) is 0.882. The Kier molecular flexibility index (Phi) is 8.34. The Labute approximate surface area is 146 Å². The molecule has 0 radical (unpaired) electrons. The first-order valence-electron chi connectivity index (χ1n) is 8.81. The number of amides is 2. The SMILES string of the molecule is CC(N)C(C)C(=O)N1CCN(C(=O)CC2CCCCC2)CC1.Cl. The molecule has 2 atom stereocenters. The van der Waals surface area contributed by atoms with Crippen molar-refractivity contribution in [2.75, 3.05) is 26.2 Å². The normalized spacial score (nSPS) is 22.2. The minimum atomic E-state index is -0.149. The van der Waals surface area contributed by atoms with Crippen LogP contribution >= 0.6 is 12.4 Å². The number of hydrogen-bond donors (Lipinski definition) is 1. The molecule has 0 bridgehead atoms. The van der Waals surface area contributed by atoms with Crippen LogP contribution < -0.4 is 5.73 Å². The lowest BCUT2D eigenvalue weighted by Crippen LogP contribution is -2.53. The van der Waals surface area contributed by atoms with Crippen LogP contribution in [-0.2, 0) is 9.59 Å². The maximum atomic E-state index is 12.4. The van der Waals surface area contributed by atoms with E-state index in [9.17, 15) is 9.59 Å². The van der Waals surface area contributed by atoms with Crippen molar-refractivity contribution < 1.29 is 9.59 Å². The Morgan fingerprint density at radius 1 is 1.00 bits per heavy atom. The van der Waals surface area contributed by atoms with Gasteiger partial charge in [-0.1, -0.05) is 26.2 Å². The van der Waals surface area contributed by atoms with E-state index in [1.807, 2.05) is 23.6 Å². The van der Waals surface area contributed by atoms with E-state index in [1.165, 1.54) is 32.1 Å². The standard InChI is InChI=1S/C17H31N3O2.ClH/c1-13(14(2)18)17(22)20-10-8-19(9-11-20)16(21)12-15-6-4-3-5-7-15;/h13-15H,3-12,18H2,1-2H3;1H. The highest BCUT2D eigenvalue weighted by Gasteiger charge is 2.29. The molecule has 2 fully saturated rings. The van der Waals surface area contributed by atoms with E-state index in [1.54, 1.807) is 0 Å². The second-order valence-corrected chi connectivity index (χ2v) is 7.06. The maximum absolute atomic E-state index is 12.4. The van der Waals surface area contributed by atoms with E-state index in [0.29, 0.717) is 38.5 Å². The van der Waals surface area contributed by atoms with Gasteiger partial charge in [0, 0.05) is 38.6 Å². The minimum absolute atomic E-state index is 0. The summed E-state index contributed by atoms with van der Waals surface area (Å²) in [5.41, 5.74) is 5.81. The zero-order valence-electron chi connectivity index (χ0n) is 14.5. The van der Waals surface area contributed by atoms with Gasteiger partial charge in [-0.3, -0.25) is 9.59 Å². The summed E-state index contributed by atoms with van der Waals surface area (Å²) >= 11 is 0. The smallest absolute Gasteiger partial charge is 0.227 e. The van der Waals surface area contributed by atoms with E-state index >= 15 is 0 Å². The van der Waals surface area contributed by atoms with Gasteiger partial charge in [-0.05, 0) is 25.7 Å². The third-order valence-electron chi connectivity index (χ3n) is 5.31. The summed E-state index contributed by atoms with van der Waals surface area (Å²) in [6.07, 6.45) is 6.98. The van der Waals surface area contributed by atoms with Crippen molar-refractivity contribution in [3.05, 3.63) is 0 Å². The van der Waals surface area contributed by atoms with Crippen LogP contribution in [0.1, 0.15) is 52.4 Å². The van der Waals surface area contributed by atoms with Crippen LogP contribution in [0, 0.1) is 11.8 Å². The van der Waals surface area contributed by atoms with Crippen LogP contribution in [0.15, 0.2) is 0 Å². The average Bonchev–Trinajstić information content (AvgIpc) is 2.54. The molecule has 134 valence electrons. The zero-order valence-corrected chi connectivity index (χ0v) is 15.3. The molecular formula is C17H32ClN3O2. The summed E-state index contributed by atoms with van der Waals surface area (Å²) in [5.74, 6) is 0.831. The number of hydrogen-bond acceptors (Lipinski definition) is 3. The van der Waals surface area contributed by atoms with Gasteiger partial charge in [-0.15, -0.1) is 12.4 Å². The Morgan fingerprint density at radius 2 is 1.52 bits per heavy atom. The van der Waals surface area contributed by atoms with Crippen molar-refractivity contribution in [2.24, 2.45) is 17.6 Å². The van der Waals surface area contributed by atoms with Gasteiger partial charge in [0.05, 0.1) is 5.92 Å². The van der Waals surface area contributed by atoms with E-state index in [2.05, 4.69) is 0 Å². The van der Waals surface area contributed by atoms with Gasteiger partial charge in [0.15, 0.2) is 0 Å². The number of carbonyl (C=O) groups is 2. The highest BCUT2D eigenvalue weighted by Crippen LogP contribution is 2.27. The number of nitrogens with zero attached hydrogens (tertiary/aromatic N) is 2. The van der Waals surface area contributed by atoms with Crippen LogP contribution in [0.2, 0.25) is 0 Å². The third kappa shape index (κ3) is 5.64. The molecule has 1 aliphatic carbocycles. The number of nitrogens with two attached hydrogens (primary N) is 1. The Balaban J connectivity index is 0.00000264. The monoisotopic (exact) mass is 345 g/mol. The molecule has 2 aliphatic rings. The maximum Gasteiger partial charge on any atom is 0.227 e. The number of rotatable bonds is 4. The van der Waals surface area contributed by atoms with Gasteiger partial charge in [0.1, 0.15) is 0 Å². The molecule has 23 heavy (non-hydrogen) atoms. The molecule has 2 rings (SSSR count). The van der Waals surface area contributed by atoms with Gasteiger partial charge < -0.3 is 15.5 Å². The summed E-state index contributed by atoms with van der Waals surface area (Å²) in [7, 11) is 0. The van der Waals surface area contributed by atoms with Crippen LogP contribution in [0.5, 0.6) is 0 Å². The van der Waals surface area contributed by atoms with Crippen LogP contribution in [0.3, 0.4) is 0 Å². The Hall–Kier alpha value is -0.810. The minimum Gasteiger partial charge on any atom is -0.339 e. The number of piperazine rings is 1. The quantitative estimate of drug-likeness (QED) is 0.847. The molecule has 6 heteroatoms. The predicted octanol–water partition coefficient (Wildman–Crippen LogP) is 2.03. The van der Waals surface area contributed by atoms with E-state index < -0.39 is 0 Å². The molecule has 0 spiro atoms. The second-order valence-electron chi connectivity index (χ2n) is 7.06. The number of carbonyl (C=O) groups excluding carboxylic acids is 2. The molecule has 2 N–H and O–H groups in total. The lowest BCUT2D eigenvalue weighted by molar-refractivity contribution is -0.142. The molecule has 1 aliphatic heterocycles. The highest BCUT2D eigenvalue weighted by molar-refractivity contribution is 5.85. The van der Waals surface area contributed by atoms with Crippen molar-refractivity contribution in [1.29, 1.82) is 0 Å². The molecule has 0 aromatic heterocycles. The van der Waals surface area contributed by atoms with Gasteiger partial charge in [0.25, 0.3) is 0 Å². The molecular weight excluding hydrogens is 314 g/mol. The van der Waals surface area contributed by atoms with Crippen molar-refractivity contribution in [1.82, 2.24) is 9.80 Å². The van der Waals surface area contributed by atoms with Gasteiger partial charge >= 0.3 is 0 Å². The molecule has 2 amide bonds. The summed E-state index contributed by atoms with van der Waals surface area (Å²) in [6, 6.07) is -0.126. The zero-order chi connectivity index (χ0) is 16.1. The Morgan fingerprint density at radius 3 is 2.04 bits per heavy atom. The van der Waals surface area contributed by atoms with Crippen LogP contribution in [0.4, 0.5) is 0 Å². The third-order valence-corrected chi connectivity index (χ3v) is 5.31. The van der Waals surface area contributed by atoms with Crippen LogP contribution in [-0.4, -0.2) is 53.8 Å². The van der Waals surface area contributed by atoms with Gasteiger partial charge in [-0.25, -0.2) is 0 Å².